The molecule has 38 heavy (non-hydrogen) atoms. The lowest BCUT2D eigenvalue weighted by atomic mass is 9.94. The Hall–Kier alpha value is -3.58. The predicted octanol–water partition coefficient (Wildman–Crippen LogP) is 8.39. The summed E-state index contributed by atoms with van der Waals surface area (Å²) in [7, 11) is 0. The third-order valence-electron chi connectivity index (χ3n) is 7.39. The summed E-state index contributed by atoms with van der Waals surface area (Å²) in [5.74, 6) is 3.79. The van der Waals surface area contributed by atoms with E-state index in [1.807, 2.05) is 19.9 Å². The average Bonchev–Trinajstić information content (AvgIpc) is 2.90. The standard InChI is InChI=1S/C12H16O.C11H14O2.C11H12O.2H2/c1-8-7-9(2)12-11(10(8)3)5-4-6-13-12;1-7-6-8(2)10-11(9(7)3)13-5-4-12-10;1-5-12-11-7-9(3)8(2)6-10(11)4;;/h7H,4-6H2,1-3H3;6H,4-5H2,1-3H3;1,6-7H,2-4H3;2*1H. The number of terminal acetylenes is 1. The number of hydrogen-bond acceptors (Lipinski definition) is 4. The molecular formula is C34H46O4. The minimum Gasteiger partial charge on any atom is -0.493 e. The maximum absolute atomic E-state index is 5.69. The third-order valence-corrected chi connectivity index (χ3v) is 7.39. The Labute approximate surface area is 232 Å². The molecule has 2 aliphatic heterocycles. The molecule has 0 aliphatic carbocycles. The molecule has 0 fully saturated rings. The van der Waals surface area contributed by atoms with Crippen LogP contribution in [0.5, 0.6) is 23.0 Å². The zero-order valence-corrected chi connectivity index (χ0v) is 24.6. The van der Waals surface area contributed by atoms with Gasteiger partial charge in [0.05, 0.1) is 6.61 Å². The number of benzene rings is 3. The van der Waals surface area contributed by atoms with Crippen molar-refractivity contribution in [1.29, 1.82) is 0 Å². The highest BCUT2D eigenvalue weighted by molar-refractivity contribution is 5.55. The van der Waals surface area contributed by atoms with Crippen molar-refractivity contribution in [2.75, 3.05) is 19.8 Å². The molecule has 3 aromatic rings. The Morgan fingerprint density at radius 2 is 1.13 bits per heavy atom. The summed E-state index contributed by atoms with van der Waals surface area (Å²) in [6, 6.07) is 8.40. The van der Waals surface area contributed by atoms with Gasteiger partial charge in [-0.25, -0.2) is 0 Å². The van der Waals surface area contributed by atoms with E-state index in [1.165, 1.54) is 50.9 Å². The molecule has 2 heterocycles. The molecule has 206 valence electrons. The van der Waals surface area contributed by atoms with Gasteiger partial charge in [0.1, 0.15) is 30.8 Å². The van der Waals surface area contributed by atoms with Crippen molar-refractivity contribution < 1.29 is 21.8 Å². The first-order valence-corrected chi connectivity index (χ1v) is 13.3. The van der Waals surface area contributed by atoms with Crippen LogP contribution in [0.15, 0.2) is 24.3 Å². The smallest absolute Gasteiger partial charge is 0.164 e. The second-order valence-corrected chi connectivity index (χ2v) is 10.3. The number of ether oxygens (including phenoxy) is 4. The van der Waals surface area contributed by atoms with E-state index in [9.17, 15) is 0 Å². The Balaban J connectivity index is 0.000000293. The lowest BCUT2D eigenvalue weighted by molar-refractivity contribution is 0.169. The minimum atomic E-state index is 0. The number of aryl methyl sites for hydroxylation is 7. The predicted molar refractivity (Wildman–Crippen MR) is 160 cm³/mol. The zero-order valence-electron chi connectivity index (χ0n) is 24.6. The van der Waals surface area contributed by atoms with Crippen LogP contribution in [0.1, 0.15) is 64.9 Å². The second kappa shape index (κ2) is 12.8. The first-order valence-electron chi connectivity index (χ1n) is 13.3. The van der Waals surface area contributed by atoms with Crippen LogP contribution in [-0.4, -0.2) is 19.8 Å². The molecule has 0 amide bonds. The average molecular weight is 519 g/mol. The summed E-state index contributed by atoms with van der Waals surface area (Å²) in [6.45, 7) is 21.0. The summed E-state index contributed by atoms with van der Waals surface area (Å²) in [6.07, 6.45) is 9.56. The quantitative estimate of drug-likeness (QED) is 0.303. The summed E-state index contributed by atoms with van der Waals surface area (Å²) >= 11 is 0. The van der Waals surface area contributed by atoms with Crippen molar-refractivity contribution >= 4 is 0 Å². The molecule has 5 rings (SSSR count). The topological polar surface area (TPSA) is 36.9 Å². The maximum atomic E-state index is 5.69. The summed E-state index contributed by atoms with van der Waals surface area (Å²) in [5.41, 5.74) is 12.7. The van der Waals surface area contributed by atoms with Crippen molar-refractivity contribution in [2.45, 2.75) is 75.2 Å². The van der Waals surface area contributed by atoms with Crippen LogP contribution in [0.25, 0.3) is 0 Å². The van der Waals surface area contributed by atoms with E-state index in [0.29, 0.717) is 13.2 Å². The number of rotatable bonds is 1. The fourth-order valence-electron chi connectivity index (χ4n) is 4.85. The molecule has 0 spiro atoms. The molecule has 0 bridgehead atoms. The largest absolute Gasteiger partial charge is 0.493 e. The van der Waals surface area contributed by atoms with Gasteiger partial charge in [-0.3, -0.25) is 0 Å². The summed E-state index contributed by atoms with van der Waals surface area (Å²) in [5, 5.41) is 0. The molecule has 0 atom stereocenters. The number of fused-ring (bicyclic) bond motifs is 2. The Morgan fingerprint density at radius 1 is 0.605 bits per heavy atom. The van der Waals surface area contributed by atoms with Gasteiger partial charge in [0.25, 0.3) is 0 Å². The van der Waals surface area contributed by atoms with Gasteiger partial charge in [0.15, 0.2) is 11.5 Å². The van der Waals surface area contributed by atoms with Gasteiger partial charge in [-0.2, -0.15) is 0 Å². The van der Waals surface area contributed by atoms with Crippen molar-refractivity contribution in [2.24, 2.45) is 0 Å². The summed E-state index contributed by atoms with van der Waals surface area (Å²) in [4.78, 5) is 0. The molecule has 4 nitrogen and oxygen atoms in total. The number of hydrogen-bond donors (Lipinski definition) is 0. The fourth-order valence-corrected chi connectivity index (χ4v) is 4.85. The zero-order chi connectivity index (χ0) is 28.0. The van der Waals surface area contributed by atoms with Gasteiger partial charge in [0, 0.05) is 2.85 Å². The molecule has 4 heteroatoms. The molecule has 0 unspecified atom stereocenters. The van der Waals surface area contributed by atoms with Crippen molar-refractivity contribution in [3.8, 4) is 35.5 Å². The minimum absolute atomic E-state index is 0. The van der Waals surface area contributed by atoms with Crippen LogP contribution in [0, 0.1) is 74.8 Å². The van der Waals surface area contributed by atoms with Crippen LogP contribution in [0.2, 0.25) is 0 Å². The van der Waals surface area contributed by atoms with E-state index in [2.05, 4.69) is 72.8 Å². The highest BCUT2D eigenvalue weighted by Crippen LogP contribution is 2.38. The van der Waals surface area contributed by atoms with Crippen molar-refractivity contribution in [1.82, 2.24) is 0 Å². The van der Waals surface area contributed by atoms with Crippen molar-refractivity contribution in [3.05, 3.63) is 79.9 Å². The van der Waals surface area contributed by atoms with E-state index >= 15 is 0 Å². The molecule has 2 aliphatic rings. The van der Waals surface area contributed by atoms with Gasteiger partial charge in [-0.15, -0.1) is 0 Å². The van der Waals surface area contributed by atoms with E-state index in [0.717, 1.165) is 47.2 Å². The van der Waals surface area contributed by atoms with Crippen LogP contribution in [-0.2, 0) is 6.42 Å². The summed E-state index contributed by atoms with van der Waals surface area (Å²) < 4.78 is 21.8. The normalized spacial score (nSPS) is 12.9. The van der Waals surface area contributed by atoms with Crippen LogP contribution in [0.4, 0.5) is 0 Å². The van der Waals surface area contributed by atoms with Gasteiger partial charge in [0.2, 0.25) is 0 Å². The highest BCUT2D eigenvalue weighted by atomic mass is 16.6. The molecule has 0 saturated heterocycles. The van der Waals surface area contributed by atoms with Crippen LogP contribution in [0.3, 0.4) is 0 Å². The first kappa shape index (κ1) is 29.0. The lowest BCUT2D eigenvalue weighted by Crippen LogP contribution is -2.17. The van der Waals surface area contributed by atoms with Gasteiger partial charge >= 0.3 is 0 Å². The molecule has 0 radical (unpaired) electrons. The molecule has 0 aromatic heterocycles. The van der Waals surface area contributed by atoms with E-state index in [1.54, 1.807) is 0 Å². The van der Waals surface area contributed by atoms with E-state index in [4.69, 9.17) is 25.4 Å². The van der Waals surface area contributed by atoms with Crippen molar-refractivity contribution in [3.63, 3.8) is 0 Å². The fraction of sp³-hybridized carbons (Fsp3) is 0.412. The molecule has 0 N–H and O–H groups in total. The Morgan fingerprint density at radius 3 is 1.79 bits per heavy atom. The van der Waals surface area contributed by atoms with Crippen LogP contribution < -0.4 is 18.9 Å². The molecule has 3 aromatic carbocycles. The molecule has 0 saturated carbocycles. The van der Waals surface area contributed by atoms with E-state index < -0.39 is 0 Å². The second-order valence-electron chi connectivity index (χ2n) is 10.3. The SMILES string of the molecule is C#COc1cc(C)c(C)cc1C.Cc1cc(C)c2c(c1C)CCCO2.Cc1cc(C)c2c(c1C)OCCO2.[HH].[HH]. The maximum Gasteiger partial charge on any atom is 0.164 e. The van der Waals surface area contributed by atoms with Gasteiger partial charge < -0.3 is 18.9 Å². The van der Waals surface area contributed by atoms with Gasteiger partial charge in [-0.1, -0.05) is 24.6 Å². The monoisotopic (exact) mass is 518 g/mol. The van der Waals surface area contributed by atoms with Gasteiger partial charge in [-0.05, 0) is 137 Å². The lowest BCUT2D eigenvalue weighted by Gasteiger charge is -2.22. The van der Waals surface area contributed by atoms with Crippen LogP contribution >= 0.6 is 0 Å². The first-order chi connectivity index (χ1) is 18.0. The highest BCUT2D eigenvalue weighted by Gasteiger charge is 2.18. The van der Waals surface area contributed by atoms with E-state index in [-0.39, 0.29) is 2.85 Å². The third kappa shape index (κ3) is 6.64. The Kier molecular flexibility index (Phi) is 9.75. The Bertz CT molecular complexity index is 1290. The molecular weight excluding hydrogens is 472 g/mol.